The number of aryl methyl sites for hydroxylation is 2. The summed E-state index contributed by atoms with van der Waals surface area (Å²) in [6.07, 6.45) is 4.68. The van der Waals surface area contributed by atoms with Gasteiger partial charge in [-0.05, 0) is 31.7 Å². The zero-order valence-corrected chi connectivity index (χ0v) is 8.90. The van der Waals surface area contributed by atoms with Crippen molar-refractivity contribution in [3.63, 3.8) is 0 Å². The molecular weight excluding hydrogens is 206 g/mol. The molecule has 1 aliphatic rings. The standard InChI is InChI=1S/C11H11N3O2/c1-6-7-3-2-4-9(7)14-5-8(10(15)16)13-11(14)12-6/h5H,2-4H2,1H3,(H,15,16). The van der Waals surface area contributed by atoms with Crippen LogP contribution in [0.5, 0.6) is 0 Å². The third kappa shape index (κ3) is 1.14. The van der Waals surface area contributed by atoms with Gasteiger partial charge in [-0.25, -0.2) is 14.8 Å². The van der Waals surface area contributed by atoms with Crippen molar-refractivity contribution >= 4 is 11.7 Å². The number of imidazole rings is 1. The monoisotopic (exact) mass is 217 g/mol. The van der Waals surface area contributed by atoms with E-state index in [1.54, 1.807) is 6.20 Å². The van der Waals surface area contributed by atoms with Crippen LogP contribution >= 0.6 is 0 Å². The lowest BCUT2D eigenvalue weighted by Crippen LogP contribution is -2.00. The Hall–Kier alpha value is -1.91. The predicted octanol–water partition coefficient (Wildman–Crippen LogP) is 1.22. The van der Waals surface area contributed by atoms with Crippen LogP contribution in [0.1, 0.15) is 33.9 Å². The summed E-state index contributed by atoms with van der Waals surface area (Å²) >= 11 is 0. The van der Waals surface area contributed by atoms with E-state index in [1.165, 1.54) is 11.3 Å². The quantitative estimate of drug-likeness (QED) is 0.780. The van der Waals surface area contributed by atoms with Crippen LogP contribution in [0.25, 0.3) is 5.78 Å². The molecule has 16 heavy (non-hydrogen) atoms. The summed E-state index contributed by atoms with van der Waals surface area (Å²) < 4.78 is 1.82. The molecule has 0 spiro atoms. The molecule has 0 saturated carbocycles. The molecule has 0 fully saturated rings. The van der Waals surface area contributed by atoms with Gasteiger partial charge in [0.2, 0.25) is 5.78 Å². The van der Waals surface area contributed by atoms with Gasteiger partial charge in [-0.2, -0.15) is 0 Å². The van der Waals surface area contributed by atoms with Gasteiger partial charge >= 0.3 is 5.97 Å². The van der Waals surface area contributed by atoms with Crippen LogP contribution in [0, 0.1) is 6.92 Å². The summed E-state index contributed by atoms with van der Waals surface area (Å²) in [7, 11) is 0. The number of aromatic carboxylic acids is 1. The second kappa shape index (κ2) is 3.04. The zero-order chi connectivity index (χ0) is 11.3. The molecule has 3 rings (SSSR count). The van der Waals surface area contributed by atoms with Crippen molar-refractivity contribution in [2.45, 2.75) is 26.2 Å². The maximum atomic E-state index is 10.9. The van der Waals surface area contributed by atoms with Crippen LogP contribution in [-0.4, -0.2) is 25.4 Å². The lowest BCUT2D eigenvalue weighted by molar-refractivity contribution is 0.0691. The van der Waals surface area contributed by atoms with Gasteiger partial charge in [-0.15, -0.1) is 0 Å². The van der Waals surface area contributed by atoms with E-state index in [0.29, 0.717) is 5.78 Å². The first-order valence-electron chi connectivity index (χ1n) is 5.27. The minimum absolute atomic E-state index is 0.0622. The Balaban J connectivity index is 2.35. The van der Waals surface area contributed by atoms with E-state index in [4.69, 9.17) is 5.11 Å². The van der Waals surface area contributed by atoms with Gasteiger partial charge in [-0.3, -0.25) is 4.40 Å². The molecule has 0 saturated heterocycles. The Kier molecular flexibility index (Phi) is 1.77. The first-order chi connectivity index (χ1) is 7.66. The Bertz CT molecular complexity index is 601. The topological polar surface area (TPSA) is 67.5 Å². The molecule has 0 aromatic carbocycles. The normalized spacial score (nSPS) is 14.3. The van der Waals surface area contributed by atoms with Gasteiger partial charge in [0, 0.05) is 17.6 Å². The van der Waals surface area contributed by atoms with E-state index < -0.39 is 5.97 Å². The molecule has 1 aliphatic carbocycles. The van der Waals surface area contributed by atoms with Crippen LogP contribution in [0.3, 0.4) is 0 Å². The molecule has 0 bridgehead atoms. The molecule has 82 valence electrons. The highest BCUT2D eigenvalue weighted by molar-refractivity contribution is 5.85. The number of rotatable bonds is 1. The predicted molar refractivity (Wildman–Crippen MR) is 56.7 cm³/mol. The average molecular weight is 217 g/mol. The Morgan fingerprint density at radius 3 is 3.00 bits per heavy atom. The molecule has 5 nitrogen and oxygen atoms in total. The van der Waals surface area contributed by atoms with Crippen molar-refractivity contribution in [2.75, 3.05) is 0 Å². The van der Waals surface area contributed by atoms with Gasteiger partial charge in [-0.1, -0.05) is 0 Å². The molecular formula is C11H11N3O2. The van der Waals surface area contributed by atoms with Crippen LogP contribution in [0.2, 0.25) is 0 Å². The van der Waals surface area contributed by atoms with Gasteiger partial charge in [0.1, 0.15) is 0 Å². The summed E-state index contributed by atoms with van der Waals surface area (Å²) in [5.74, 6) is -0.509. The summed E-state index contributed by atoms with van der Waals surface area (Å²) in [6, 6.07) is 0. The highest BCUT2D eigenvalue weighted by atomic mass is 16.4. The maximum Gasteiger partial charge on any atom is 0.356 e. The van der Waals surface area contributed by atoms with E-state index in [1.807, 2.05) is 11.3 Å². The van der Waals surface area contributed by atoms with Crippen molar-refractivity contribution in [3.05, 3.63) is 28.8 Å². The average Bonchev–Trinajstić information content (AvgIpc) is 2.80. The van der Waals surface area contributed by atoms with E-state index >= 15 is 0 Å². The van der Waals surface area contributed by atoms with Crippen molar-refractivity contribution in [1.82, 2.24) is 14.4 Å². The smallest absolute Gasteiger partial charge is 0.356 e. The lowest BCUT2D eigenvalue weighted by atomic mass is 10.2. The van der Waals surface area contributed by atoms with Crippen LogP contribution in [0.15, 0.2) is 6.20 Å². The molecule has 1 N–H and O–H groups in total. The minimum Gasteiger partial charge on any atom is -0.476 e. The largest absolute Gasteiger partial charge is 0.476 e. The van der Waals surface area contributed by atoms with Crippen LogP contribution < -0.4 is 0 Å². The number of hydrogen-bond acceptors (Lipinski definition) is 3. The maximum absolute atomic E-state index is 10.9. The SMILES string of the molecule is Cc1nc2nc(C(=O)O)cn2c2c1CCC2. The molecule has 0 amide bonds. The molecule has 0 unspecified atom stereocenters. The van der Waals surface area contributed by atoms with Crippen molar-refractivity contribution in [1.29, 1.82) is 0 Å². The first kappa shape index (κ1) is 9.33. The van der Waals surface area contributed by atoms with Gasteiger partial charge < -0.3 is 5.11 Å². The second-order valence-corrected chi connectivity index (χ2v) is 4.08. The van der Waals surface area contributed by atoms with Crippen molar-refractivity contribution < 1.29 is 9.90 Å². The number of carbonyl (C=O) groups is 1. The third-order valence-corrected chi connectivity index (χ3v) is 3.09. The van der Waals surface area contributed by atoms with Gasteiger partial charge in [0.25, 0.3) is 0 Å². The number of hydrogen-bond donors (Lipinski definition) is 1. The van der Waals surface area contributed by atoms with Crippen LogP contribution in [-0.2, 0) is 12.8 Å². The summed E-state index contributed by atoms with van der Waals surface area (Å²) in [4.78, 5) is 19.2. The fourth-order valence-electron chi connectivity index (χ4n) is 2.35. The Morgan fingerprint density at radius 2 is 2.25 bits per heavy atom. The third-order valence-electron chi connectivity index (χ3n) is 3.09. The first-order valence-corrected chi connectivity index (χ1v) is 5.27. The molecule has 5 heteroatoms. The highest BCUT2D eigenvalue weighted by Crippen LogP contribution is 2.25. The molecule has 0 atom stereocenters. The van der Waals surface area contributed by atoms with Crippen LogP contribution in [0.4, 0.5) is 0 Å². The van der Waals surface area contributed by atoms with E-state index in [0.717, 1.165) is 25.0 Å². The molecule has 0 radical (unpaired) electrons. The molecule has 2 heterocycles. The Labute approximate surface area is 91.8 Å². The number of carboxylic acid groups (broad SMARTS) is 1. The van der Waals surface area contributed by atoms with Gasteiger partial charge in [0.15, 0.2) is 5.69 Å². The zero-order valence-electron chi connectivity index (χ0n) is 8.90. The van der Waals surface area contributed by atoms with Crippen molar-refractivity contribution in [2.24, 2.45) is 0 Å². The minimum atomic E-state index is -1.00. The molecule has 2 aromatic rings. The number of aromatic nitrogens is 3. The van der Waals surface area contributed by atoms with Gasteiger partial charge in [0.05, 0.1) is 0 Å². The van der Waals surface area contributed by atoms with Crippen molar-refractivity contribution in [3.8, 4) is 0 Å². The summed E-state index contributed by atoms with van der Waals surface area (Å²) in [6.45, 7) is 1.96. The fourth-order valence-corrected chi connectivity index (χ4v) is 2.35. The summed E-state index contributed by atoms with van der Waals surface area (Å²) in [5.41, 5.74) is 3.46. The Morgan fingerprint density at radius 1 is 1.44 bits per heavy atom. The van der Waals surface area contributed by atoms with E-state index in [-0.39, 0.29) is 5.69 Å². The fraction of sp³-hybridized carbons (Fsp3) is 0.364. The number of nitrogens with zero attached hydrogens (tertiary/aromatic N) is 3. The molecule has 0 aliphatic heterocycles. The molecule has 2 aromatic heterocycles. The number of carboxylic acids is 1. The second-order valence-electron chi connectivity index (χ2n) is 4.08. The van der Waals surface area contributed by atoms with E-state index in [9.17, 15) is 4.79 Å². The number of fused-ring (bicyclic) bond motifs is 3. The lowest BCUT2D eigenvalue weighted by Gasteiger charge is -2.05. The summed E-state index contributed by atoms with van der Waals surface area (Å²) in [5, 5.41) is 8.90. The highest BCUT2D eigenvalue weighted by Gasteiger charge is 2.20. The van der Waals surface area contributed by atoms with E-state index in [2.05, 4.69) is 9.97 Å².